The van der Waals surface area contributed by atoms with Gasteiger partial charge in [-0.2, -0.15) is 0 Å². The zero-order valence-corrected chi connectivity index (χ0v) is 16.5. The molecule has 0 N–H and O–H groups in total. The summed E-state index contributed by atoms with van der Waals surface area (Å²) in [7, 11) is 0. The number of Topliss-reactive ketones (excluding diaryl/α,β-unsaturated/α-hetero) is 1. The number of hydrogen-bond acceptors (Lipinski definition) is 5. The number of thiophene rings is 1. The molecule has 2 aromatic carbocycles. The fraction of sp³-hybridized carbons (Fsp3) is 0.217. The maximum Gasteiger partial charge on any atom is 0.349 e. The maximum atomic E-state index is 12.6. The summed E-state index contributed by atoms with van der Waals surface area (Å²) in [6.07, 6.45) is 0.0668. The Morgan fingerprint density at radius 1 is 1.14 bits per heavy atom. The average molecular weight is 392 g/mol. The van der Waals surface area contributed by atoms with Crippen molar-refractivity contribution >= 4 is 23.1 Å². The van der Waals surface area contributed by atoms with Gasteiger partial charge in [0, 0.05) is 21.6 Å². The molecular weight excluding hydrogens is 372 g/mol. The van der Waals surface area contributed by atoms with E-state index in [0.717, 1.165) is 33.7 Å². The van der Waals surface area contributed by atoms with Gasteiger partial charge < -0.3 is 9.47 Å². The molecule has 4 rings (SSSR count). The van der Waals surface area contributed by atoms with Crippen LogP contribution in [0.25, 0.3) is 10.4 Å². The summed E-state index contributed by atoms with van der Waals surface area (Å²) >= 11 is 1.37. The number of aryl methyl sites for hydroxylation is 1. The SMILES string of the molecule is CCc1ccc(C(=O)[C@H](C)OC(=O)c2cc3c(s2)-c2ccccc2OC3)cc1. The highest BCUT2D eigenvalue weighted by atomic mass is 32.1. The molecule has 0 saturated heterocycles. The van der Waals surface area contributed by atoms with Gasteiger partial charge in [0.15, 0.2) is 6.10 Å². The van der Waals surface area contributed by atoms with Crippen molar-refractivity contribution in [1.29, 1.82) is 0 Å². The van der Waals surface area contributed by atoms with Crippen LogP contribution < -0.4 is 4.74 Å². The summed E-state index contributed by atoms with van der Waals surface area (Å²) in [6.45, 7) is 4.10. The third-order valence-electron chi connectivity index (χ3n) is 4.82. The standard InChI is InChI=1S/C23H20O4S/c1-3-15-8-10-16(11-9-15)21(24)14(2)27-23(25)20-12-17-13-26-19-7-5-4-6-18(19)22(17)28-20/h4-12,14H,3,13H2,1-2H3/t14-/m0/s1. The van der Waals surface area contributed by atoms with Gasteiger partial charge in [-0.15, -0.1) is 11.3 Å². The van der Waals surface area contributed by atoms with E-state index in [4.69, 9.17) is 9.47 Å². The number of esters is 1. The number of carbonyl (C=O) groups excluding carboxylic acids is 2. The summed E-state index contributed by atoms with van der Waals surface area (Å²) in [5, 5.41) is 0. The lowest BCUT2D eigenvalue weighted by Gasteiger charge is -2.16. The fourth-order valence-electron chi connectivity index (χ4n) is 3.21. The van der Waals surface area contributed by atoms with Crippen molar-refractivity contribution in [2.24, 2.45) is 0 Å². The van der Waals surface area contributed by atoms with Crippen LogP contribution in [-0.2, 0) is 17.8 Å². The molecule has 0 amide bonds. The fourth-order valence-corrected chi connectivity index (χ4v) is 4.29. The summed E-state index contributed by atoms with van der Waals surface area (Å²) in [5.41, 5.74) is 3.65. The van der Waals surface area contributed by atoms with Crippen LogP contribution in [-0.4, -0.2) is 17.9 Å². The highest BCUT2D eigenvalue weighted by Gasteiger charge is 2.25. The molecule has 2 heterocycles. The third-order valence-corrected chi connectivity index (χ3v) is 6.02. The molecule has 4 nitrogen and oxygen atoms in total. The Balaban J connectivity index is 1.50. The molecule has 28 heavy (non-hydrogen) atoms. The minimum absolute atomic E-state index is 0.203. The van der Waals surface area contributed by atoms with Gasteiger partial charge in [-0.25, -0.2) is 4.79 Å². The Kier molecular flexibility index (Phi) is 5.01. The first kappa shape index (κ1) is 18.4. The van der Waals surface area contributed by atoms with E-state index in [0.29, 0.717) is 17.0 Å². The first-order valence-corrected chi connectivity index (χ1v) is 10.1. The molecule has 0 radical (unpaired) electrons. The molecule has 1 aliphatic rings. The second-order valence-corrected chi connectivity index (χ2v) is 7.76. The number of benzene rings is 2. The second kappa shape index (κ2) is 7.60. The first-order chi connectivity index (χ1) is 13.6. The molecule has 0 fully saturated rings. The van der Waals surface area contributed by atoms with E-state index in [1.165, 1.54) is 11.3 Å². The first-order valence-electron chi connectivity index (χ1n) is 9.26. The van der Waals surface area contributed by atoms with E-state index in [-0.39, 0.29) is 5.78 Å². The molecule has 1 aliphatic heterocycles. The molecule has 1 atom stereocenters. The molecule has 5 heteroatoms. The van der Waals surface area contributed by atoms with Crippen LogP contribution in [0.5, 0.6) is 5.75 Å². The number of ether oxygens (including phenoxy) is 2. The number of rotatable bonds is 5. The van der Waals surface area contributed by atoms with Crippen LogP contribution in [0.15, 0.2) is 54.6 Å². The predicted molar refractivity (Wildman–Crippen MR) is 109 cm³/mol. The molecule has 0 bridgehead atoms. The van der Waals surface area contributed by atoms with Crippen LogP contribution >= 0.6 is 11.3 Å². The number of carbonyl (C=O) groups is 2. The summed E-state index contributed by atoms with van der Waals surface area (Å²) in [6, 6.07) is 17.0. The summed E-state index contributed by atoms with van der Waals surface area (Å²) in [4.78, 5) is 26.7. The molecule has 1 aromatic heterocycles. The van der Waals surface area contributed by atoms with Crippen LogP contribution in [0.1, 0.15) is 45.0 Å². The van der Waals surface area contributed by atoms with E-state index in [1.807, 2.05) is 36.4 Å². The maximum absolute atomic E-state index is 12.6. The Labute approximate surface area is 167 Å². The van der Waals surface area contributed by atoms with E-state index in [1.54, 1.807) is 25.1 Å². The molecule has 0 saturated carbocycles. The van der Waals surface area contributed by atoms with E-state index in [2.05, 4.69) is 6.92 Å². The van der Waals surface area contributed by atoms with Crippen molar-refractivity contribution in [3.05, 3.63) is 76.2 Å². The van der Waals surface area contributed by atoms with Gasteiger partial charge in [0.05, 0.1) is 0 Å². The Hall–Kier alpha value is -2.92. The van der Waals surface area contributed by atoms with E-state index in [9.17, 15) is 9.59 Å². The second-order valence-electron chi connectivity index (χ2n) is 6.71. The van der Waals surface area contributed by atoms with Crippen LogP contribution in [0, 0.1) is 0 Å². The van der Waals surface area contributed by atoms with Crippen molar-refractivity contribution in [1.82, 2.24) is 0 Å². The van der Waals surface area contributed by atoms with Crippen molar-refractivity contribution in [2.75, 3.05) is 0 Å². The van der Waals surface area contributed by atoms with E-state index < -0.39 is 12.1 Å². The van der Waals surface area contributed by atoms with Crippen molar-refractivity contribution in [2.45, 2.75) is 33.0 Å². The Morgan fingerprint density at radius 3 is 2.64 bits per heavy atom. The summed E-state index contributed by atoms with van der Waals surface area (Å²) < 4.78 is 11.2. The molecule has 0 aliphatic carbocycles. The minimum atomic E-state index is -0.845. The van der Waals surface area contributed by atoms with Gasteiger partial charge >= 0.3 is 5.97 Å². The Bertz CT molecular complexity index is 1030. The van der Waals surface area contributed by atoms with Crippen LogP contribution in [0.2, 0.25) is 0 Å². The number of ketones is 1. The van der Waals surface area contributed by atoms with Gasteiger partial charge in [0.2, 0.25) is 5.78 Å². The largest absolute Gasteiger partial charge is 0.488 e. The number of fused-ring (bicyclic) bond motifs is 3. The molecule has 3 aromatic rings. The lowest BCUT2D eigenvalue weighted by Crippen LogP contribution is -2.24. The monoisotopic (exact) mass is 392 g/mol. The highest BCUT2D eigenvalue weighted by Crippen LogP contribution is 2.42. The van der Waals surface area contributed by atoms with Crippen molar-refractivity contribution in [3.8, 4) is 16.2 Å². The van der Waals surface area contributed by atoms with Gasteiger partial charge in [0.1, 0.15) is 17.2 Å². The predicted octanol–water partition coefficient (Wildman–Crippen LogP) is 5.30. The van der Waals surface area contributed by atoms with Crippen LogP contribution in [0.4, 0.5) is 0 Å². The van der Waals surface area contributed by atoms with E-state index >= 15 is 0 Å². The van der Waals surface area contributed by atoms with Crippen molar-refractivity contribution < 1.29 is 19.1 Å². The van der Waals surface area contributed by atoms with Gasteiger partial charge in [-0.3, -0.25) is 4.79 Å². The highest BCUT2D eigenvalue weighted by molar-refractivity contribution is 7.17. The number of hydrogen-bond donors (Lipinski definition) is 0. The lowest BCUT2D eigenvalue weighted by molar-refractivity contribution is 0.0323. The minimum Gasteiger partial charge on any atom is -0.488 e. The Morgan fingerprint density at radius 2 is 1.89 bits per heavy atom. The summed E-state index contributed by atoms with van der Waals surface area (Å²) in [5.74, 6) is 0.129. The van der Waals surface area contributed by atoms with Crippen LogP contribution in [0.3, 0.4) is 0 Å². The number of para-hydroxylation sites is 1. The average Bonchev–Trinajstić information content (AvgIpc) is 3.18. The molecule has 142 valence electrons. The normalized spacial score (nSPS) is 13.1. The van der Waals surface area contributed by atoms with Crippen molar-refractivity contribution in [3.63, 3.8) is 0 Å². The molecule has 0 spiro atoms. The zero-order chi connectivity index (χ0) is 19.7. The van der Waals surface area contributed by atoms with Gasteiger partial charge in [-0.1, -0.05) is 43.3 Å². The lowest BCUT2D eigenvalue weighted by atomic mass is 10.0. The quantitative estimate of drug-likeness (QED) is 0.437. The third kappa shape index (κ3) is 3.45. The molecule has 0 unspecified atom stereocenters. The smallest absolute Gasteiger partial charge is 0.349 e. The topological polar surface area (TPSA) is 52.6 Å². The van der Waals surface area contributed by atoms with Gasteiger partial charge in [-0.05, 0) is 37.1 Å². The molecular formula is C23H20O4S. The van der Waals surface area contributed by atoms with Gasteiger partial charge in [0.25, 0.3) is 0 Å². The zero-order valence-electron chi connectivity index (χ0n) is 15.7.